The molecule has 5 nitrogen and oxygen atoms in total. The minimum absolute atomic E-state index is 0.558. The molecule has 3 rings (SSSR count). The minimum Gasteiger partial charge on any atom is -0.325 e. The highest BCUT2D eigenvalue weighted by Crippen LogP contribution is 2.27. The van der Waals surface area contributed by atoms with Crippen LogP contribution in [0.5, 0.6) is 0 Å². The van der Waals surface area contributed by atoms with E-state index in [1.54, 1.807) is 0 Å². The van der Waals surface area contributed by atoms with Crippen molar-refractivity contribution >= 4 is 21.8 Å². The van der Waals surface area contributed by atoms with Gasteiger partial charge in [-0.2, -0.15) is 0 Å². The lowest BCUT2D eigenvalue weighted by Crippen LogP contribution is -2.04. The number of rotatable bonds is 3. The molecule has 0 spiro atoms. The molecule has 0 saturated heterocycles. The smallest absolute Gasteiger partial charge is 0.160 e. The molecule has 0 radical (unpaired) electrons. The number of hydrogen-bond donors (Lipinski definition) is 0. The highest BCUT2D eigenvalue weighted by Gasteiger charge is 2.18. The Bertz CT molecular complexity index is 885. The zero-order valence-electron chi connectivity index (χ0n) is 13.1. The van der Waals surface area contributed by atoms with Gasteiger partial charge in [-0.15, -0.1) is 0 Å². The second-order valence-corrected chi connectivity index (χ2v) is 6.95. The van der Waals surface area contributed by atoms with Crippen molar-refractivity contribution in [3.05, 3.63) is 35.8 Å². The van der Waals surface area contributed by atoms with Gasteiger partial charge in [0, 0.05) is 24.2 Å². The number of imidazole rings is 1. The van der Waals surface area contributed by atoms with Crippen molar-refractivity contribution in [2.45, 2.75) is 25.7 Å². The van der Waals surface area contributed by atoms with Gasteiger partial charge in [-0.1, -0.05) is 6.92 Å². The molecule has 22 heavy (non-hydrogen) atoms. The van der Waals surface area contributed by atoms with Crippen LogP contribution in [-0.4, -0.2) is 29.5 Å². The lowest BCUT2D eigenvalue weighted by molar-refractivity contribution is 0.683. The first-order chi connectivity index (χ1) is 10.5. The van der Waals surface area contributed by atoms with Crippen molar-refractivity contribution in [1.82, 2.24) is 19.5 Å². The maximum absolute atomic E-state index is 12.3. The maximum atomic E-state index is 12.3. The molecule has 114 valence electrons. The van der Waals surface area contributed by atoms with Gasteiger partial charge in [0.1, 0.15) is 5.69 Å². The Morgan fingerprint density at radius 2 is 1.95 bits per heavy atom. The average molecular weight is 314 g/mol. The molecular weight excluding hydrogens is 296 g/mol. The van der Waals surface area contributed by atoms with Crippen molar-refractivity contribution in [3.63, 3.8) is 0 Å². The van der Waals surface area contributed by atoms with Crippen LogP contribution in [0.1, 0.15) is 18.3 Å². The summed E-state index contributed by atoms with van der Waals surface area (Å²) in [5.74, 6) is 1.28. The third-order valence-electron chi connectivity index (χ3n) is 3.62. The molecule has 0 fully saturated rings. The highest BCUT2D eigenvalue weighted by atomic mass is 32.2. The van der Waals surface area contributed by atoms with Crippen LogP contribution in [0.3, 0.4) is 0 Å². The van der Waals surface area contributed by atoms with Crippen LogP contribution >= 0.6 is 0 Å². The maximum Gasteiger partial charge on any atom is 0.160 e. The van der Waals surface area contributed by atoms with E-state index in [-0.39, 0.29) is 0 Å². The Labute approximate surface area is 131 Å². The van der Waals surface area contributed by atoms with Gasteiger partial charge in [-0.3, -0.25) is 9.19 Å². The monoisotopic (exact) mass is 314 g/mol. The van der Waals surface area contributed by atoms with E-state index in [9.17, 15) is 4.21 Å². The quantitative estimate of drug-likeness (QED) is 0.746. The van der Waals surface area contributed by atoms with E-state index in [1.807, 2.05) is 56.8 Å². The van der Waals surface area contributed by atoms with Crippen LogP contribution in [0.4, 0.5) is 0 Å². The van der Waals surface area contributed by atoms with Crippen molar-refractivity contribution < 1.29 is 4.21 Å². The Kier molecular flexibility index (Phi) is 3.78. The van der Waals surface area contributed by atoms with E-state index in [2.05, 4.69) is 15.0 Å². The summed E-state index contributed by atoms with van der Waals surface area (Å²) in [5, 5.41) is 0. The summed E-state index contributed by atoms with van der Waals surface area (Å²) in [6, 6.07) is 5.73. The van der Waals surface area contributed by atoms with E-state index in [0.717, 1.165) is 33.1 Å². The predicted octanol–water partition coefficient (Wildman–Crippen LogP) is 2.77. The summed E-state index contributed by atoms with van der Waals surface area (Å²) >= 11 is 0. The molecule has 0 aliphatic heterocycles. The van der Waals surface area contributed by atoms with E-state index in [0.29, 0.717) is 11.4 Å². The molecule has 0 N–H and O–H groups in total. The Balaban J connectivity index is 2.29. The molecule has 3 heterocycles. The largest absolute Gasteiger partial charge is 0.325 e. The van der Waals surface area contributed by atoms with Crippen molar-refractivity contribution in [2.24, 2.45) is 7.05 Å². The van der Waals surface area contributed by atoms with E-state index in [1.165, 1.54) is 0 Å². The molecular formula is C16H18N4OS. The second-order valence-electron chi connectivity index (χ2n) is 5.24. The van der Waals surface area contributed by atoms with Crippen LogP contribution in [0.15, 0.2) is 29.3 Å². The molecule has 0 aliphatic rings. The molecule has 3 aromatic rings. The molecule has 0 saturated carbocycles. The van der Waals surface area contributed by atoms with Crippen molar-refractivity contribution in [1.29, 1.82) is 0 Å². The third-order valence-corrected chi connectivity index (χ3v) is 4.97. The fourth-order valence-electron chi connectivity index (χ4n) is 2.44. The van der Waals surface area contributed by atoms with Crippen molar-refractivity contribution in [2.75, 3.05) is 5.75 Å². The first kappa shape index (κ1) is 14.8. The lowest BCUT2D eigenvalue weighted by Gasteiger charge is -2.08. The van der Waals surface area contributed by atoms with Gasteiger partial charge in [-0.25, -0.2) is 9.97 Å². The number of fused-ring (bicyclic) bond motifs is 1. The molecule has 0 aliphatic carbocycles. The SMILES string of the molecule is CCS(=O)c1ccc(C)nc1-c1nc2cc(C)ncc2n1C. The van der Waals surface area contributed by atoms with Crippen LogP contribution < -0.4 is 0 Å². The molecule has 3 aromatic heterocycles. The van der Waals surface area contributed by atoms with Gasteiger partial charge in [0.05, 0.1) is 32.9 Å². The van der Waals surface area contributed by atoms with Gasteiger partial charge >= 0.3 is 0 Å². The Hall–Kier alpha value is -2.08. The van der Waals surface area contributed by atoms with Gasteiger partial charge in [0.15, 0.2) is 5.82 Å². The van der Waals surface area contributed by atoms with Gasteiger partial charge in [-0.05, 0) is 32.0 Å². The number of nitrogens with zero attached hydrogens (tertiary/aromatic N) is 4. The summed E-state index contributed by atoms with van der Waals surface area (Å²) in [4.78, 5) is 14.3. The first-order valence-corrected chi connectivity index (χ1v) is 8.48. The summed E-state index contributed by atoms with van der Waals surface area (Å²) < 4.78 is 14.3. The van der Waals surface area contributed by atoms with E-state index >= 15 is 0 Å². The van der Waals surface area contributed by atoms with Crippen LogP contribution in [0.2, 0.25) is 0 Å². The first-order valence-electron chi connectivity index (χ1n) is 7.16. The summed E-state index contributed by atoms with van der Waals surface area (Å²) in [6.07, 6.45) is 1.81. The van der Waals surface area contributed by atoms with E-state index < -0.39 is 10.8 Å². The van der Waals surface area contributed by atoms with Crippen LogP contribution in [-0.2, 0) is 17.8 Å². The van der Waals surface area contributed by atoms with Crippen LogP contribution in [0.25, 0.3) is 22.6 Å². The van der Waals surface area contributed by atoms with Gasteiger partial charge < -0.3 is 4.57 Å². The predicted molar refractivity (Wildman–Crippen MR) is 88.2 cm³/mol. The van der Waals surface area contributed by atoms with Gasteiger partial charge in [0.25, 0.3) is 0 Å². The minimum atomic E-state index is -1.08. The number of hydrogen-bond acceptors (Lipinski definition) is 4. The lowest BCUT2D eigenvalue weighted by atomic mass is 10.3. The fourth-order valence-corrected chi connectivity index (χ4v) is 3.33. The summed E-state index contributed by atoms with van der Waals surface area (Å²) in [5.41, 5.74) is 4.31. The zero-order chi connectivity index (χ0) is 15.9. The summed E-state index contributed by atoms with van der Waals surface area (Å²) in [6.45, 7) is 5.77. The fraction of sp³-hybridized carbons (Fsp3) is 0.312. The molecule has 6 heteroatoms. The third kappa shape index (κ3) is 2.43. The second kappa shape index (κ2) is 5.61. The normalized spacial score (nSPS) is 12.7. The summed E-state index contributed by atoms with van der Waals surface area (Å²) in [7, 11) is 0.858. The number of aryl methyl sites for hydroxylation is 3. The van der Waals surface area contributed by atoms with E-state index in [4.69, 9.17) is 0 Å². The Morgan fingerprint density at radius 3 is 2.68 bits per heavy atom. The molecule has 0 bridgehead atoms. The zero-order valence-corrected chi connectivity index (χ0v) is 13.9. The molecule has 0 aromatic carbocycles. The number of pyridine rings is 2. The van der Waals surface area contributed by atoms with Crippen molar-refractivity contribution in [3.8, 4) is 11.5 Å². The van der Waals surface area contributed by atoms with Gasteiger partial charge in [0.2, 0.25) is 0 Å². The number of aromatic nitrogens is 4. The highest BCUT2D eigenvalue weighted by molar-refractivity contribution is 7.85. The molecule has 0 amide bonds. The topological polar surface area (TPSA) is 60.7 Å². The Morgan fingerprint density at radius 1 is 1.18 bits per heavy atom. The standard InChI is InChI=1S/C16H18N4OS/c1-5-22(21)14-7-6-10(2)18-15(14)16-19-12-8-11(3)17-9-13(12)20(16)4/h6-9H,5H2,1-4H3. The molecule has 1 unspecified atom stereocenters. The van der Waals surface area contributed by atoms with Crippen LogP contribution in [0, 0.1) is 13.8 Å². The average Bonchev–Trinajstić information content (AvgIpc) is 2.82. The molecule has 1 atom stereocenters.